The maximum absolute atomic E-state index is 6.22. The molecule has 1 fully saturated rings. The summed E-state index contributed by atoms with van der Waals surface area (Å²) in [6.45, 7) is 3.14. The zero-order chi connectivity index (χ0) is 13.2. The molecule has 3 rings (SSSR count). The van der Waals surface area contributed by atoms with Crippen molar-refractivity contribution in [3.8, 4) is 0 Å². The Morgan fingerprint density at radius 2 is 2.05 bits per heavy atom. The highest BCUT2D eigenvalue weighted by Crippen LogP contribution is 2.30. The Hall–Kier alpha value is -0.990. The second-order valence-electron chi connectivity index (χ2n) is 5.60. The minimum atomic E-state index is 0.525. The molecular formula is C16H20ClNO. The van der Waals surface area contributed by atoms with Gasteiger partial charge < -0.3 is 9.73 Å². The van der Waals surface area contributed by atoms with Crippen LogP contribution in [0.25, 0.3) is 11.0 Å². The summed E-state index contributed by atoms with van der Waals surface area (Å²) >= 11 is 6.22. The van der Waals surface area contributed by atoms with Crippen molar-refractivity contribution in [1.82, 2.24) is 5.32 Å². The number of hydrogen-bond acceptors (Lipinski definition) is 2. The monoisotopic (exact) mass is 277 g/mol. The molecule has 2 atom stereocenters. The number of halogens is 1. The van der Waals surface area contributed by atoms with Crippen LogP contribution >= 0.6 is 11.6 Å². The Bertz CT molecular complexity index is 563. The smallest absolute Gasteiger partial charge is 0.199 e. The van der Waals surface area contributed by atoms with Gasteiger partial charge in [0.05, 0.1) is 0 Å². The van der Waals surface area contributed by atoms with Crippen molar-refractivity contribution >= 4 is 22.6 Å². The third-order valence-corrected chi connectivity index (χ3v) is 4.61. The van der Waals surface area contributed by atoms with Gasteiger partial charge >= 0.3 is 0 Å². The van der Waals surface area contributed by atoms with Crippen LogP contribution in [-0.4, -0.2) is 6.04 Å². The summed E-state index contributed by atoms with van der Waals surface area (Å²) in [6.07, 6.45) is 5.31. The molecule has 3 heteroatoms. The Labute approximate surface area is 119 Å². The van der Waals surface area contributed by atoms with E-state index in [4.69, 9.17) is 16.0 Å². The van der Waals surface area contributed by atoms with Crippen LogP contribution in [0.1, 0.15) is 38.2 Å². The molecule has 1 aliphatic carbocycles. The summed E-state index contributed by atoms with van der Waals surface area (Å²) in [6, 6.07) is 8.65. The van der Waals surface area contributed by atoms with Gasteiger partial charge in [0.15, 0.2) is 5.22 Å². The number of para-hydroxylation sites is 1. The van der Waals surface area contributed by atoms with Crippen molar-refractivity contribution in [3.05, 3.63) is 35.0 Å². The molecule has 19 heavy (non-hydrogen) atoms. The predicted octanol–water partition coefficient (Wildman–Crippen LogP) is 4.75. The van der Waals surface area contributed by atoms with E-state index in [9.17, 15) is 0 Å². The number of rotatable bonds is 3. The molecule has 0 spiro atoms. The lowest BCUT2D eigenvalue weighted by atomic mass is 9.86. The minimum Gasteiger partial charge on any atom is -0.444 e. The first-order valence-electron chi connectivity index (χ1n) is 7.15. The molecule has 0 bridgehead atoms. The van der Waals surface area contributed by atoms with Crippen LogP contribution in [-0.2, 0) is 6.54 Å². The summed E-state index contributed by atoms with van der Waals surface area (Å²) in [7, 11) is 0. The van der Waals surface area contributed by atoms with Gasteiger partial charge in [-0.25, -0.2) is 0 Å². The predicted molar refractivity (Wildman–Crippen MR) is 79.5 cm³/mol. The standard InChI is InChI=1S/C16H20ClNO/c1-11-6-2-4-8-14(11)18-10-13-12-7-3-5-9-15(12)19-16(13)17/h3,5,7,9,11,14,18H,2,4,6,8,10H2,1H3. The van der Waals surface area contributed by atoms with Crippen LogP contribution in [0.15, 0.2) is 28.7 Å². The number of furan rings is 1. The van der Waals surface area contributed by atoms with Gasteiger partial charge in [-0.05, 0) is 36.4 Å². The summed E-state index contributed by atoms with van der Waals surface area (Å²) < 4.78 is 5.59. The van der Waals surface area contributed by atoms with Crippen molar-refractivity contribution in [2.24, 2.45) is 5.92 Å². The quantitative estimate of drug-likeness (QED) is 0.875. The fraction of sp³-hybridized carbons (Fsp3) is 0.500. The van der Waals surface area contributed by atoms with Gasteiger partial charge in [0.25, 0.3) is 0 Å². The SMILES string of the molecule is CC1CCCCC1NCc1c(Cl)oc2ccccc12. The zero-order valence-electron chi connectivity index (χ0n) is 11.3. The average molecular weight is 278 g/mol. The van der Waals surface area contributed by atoms with E-state index in [1.807, 2.05) is 18.2 Å². The van der Waals surface area contributed by atoms with Crippen molar-refractivity contribution < 1.29 is 4.42 Å². The third-order valence-electron chi connectivity index (χ3n) is 4.30. The number of hydrogen-bond donors (Lipinski definition) is 1. The van der Waals surface area contributed by atoms with Crippen LogP contribution in [0.5, 0.6) is 0 Å². The van der Waals surface area contributed by atoms with E-state index in [0.717, 1.165) is 29.0 Å². The zero-order valence-corrected chi connectivity index (χ0v) is 12.0. The second kappa shape index (κ2) is 5.56. The van der Waals surface area contributed by atoms with Crippen molar-refractivity contribution in [1.29, 1.82) is 0 Å². The lowest BCUT2D eigenvalue weighted by molar-refractivity contribution is 0.279. The number of benzene rings is 1. The molecule has 1 aliphatic rings. The van der Waals surface area contributed by atoms with Crippen LogP contribution in [0.3, 0.4) is 0 Å². The molecule has 0 radical (unpaired) electrons. The molecular weight excluding hydrogens is 258 g/mol. The highest BCUT2D eigenvalue weighted by molar-refractivity contribution is 6.30. The van der Waals surface area contributed by atoms with Gasteiger partial charge in [0.2, 0.25) is 0 Å². The van der Waals surface area contributed by atoms with E-state index in [1.54, 1.807) is 0 Å². The molecule has 1 aromatic carbocycles. The molecule has 1 saturated carbocycles. The van der Waals surface area contributed by atoms with Crippen molar-refractivity contribution in [3.63, 3.8) is 0 Å². The lowest BCUT2D eigenvalue weighted by Gasteiger charge is -2.29. The van der Waals surface area contributed by atoms with Crippen LogP contribution in [0.4, 0.5) is 0 Å². The maximum Gasteiger partial charge on any atom is 0.199 e. The normalized spacial score (nSPS) is 23.9. The molecule has 1 heterocycles. The first kappa shape index (κ1) is 13.0. The van der Waals surface area contributed by atoms with Gasteiger partial charge in [-0.2, -0.15) is 0 Å². The molecule has 2 unspecified atom stereocenters. The first-order chi connectivity index (χ1) is 9.25. The summed E-state index contributed by atoms with van der Waals surface area (Å²) in [4.78, 5) is 0. The molecule has 0 amide bonds. The summed E-state index contributed by atoms with van der Waals surface area (Å²) in [5, 5.41) is 5.32. The largest absolute Gasteiger partial charge is 0.444 e. The van der Waals surface area contributed by atoms with Crippen molar-refractivity contribution in [2.75, 3.05) is 0 Å². The van der Waals surface area contributed by atoms with Crippen LogP contribution in [0, 0.1) is 5.92 Å². The molecule has 0 aliphatic heterocycles. The van der Waals surface area contributed by atoms with Gasteiger partial charge in [-0.15, -0.1) is 0 Å². The van der Waals surface area contributed by atoms with Gasteiger partial charge in [-0.1, -0.05) is 38.0 Å². The van der Waals surface area contributed by atoms with Gasteiger partial charge in [0, 0.05) is 23.5 Å². The Morgan fingerprint density at radius 1 is 1.26 bits per heavy atom. The van der Waals surface area contributed by atoms with E-state index in [1.165, 1.54) is 25.7 Å². The Kier molecular flexibility index (Phi) is 3.81. The Balaban J connectivity index is 1.76. The second-order valence-corrected chi connectivity index (χ2v) is 5.94. The minimum absolute atomic E-state index is 0.525. The maximum atomic E-state index is 6.22. The highest BCUT2D eigenvalue weighted by Gasteiger charge is 2.21. The van der Waals surface area contributed by atoms with Crippen molar-refractivity contribution in [2.45, 2.75) is 45.2 Å². The molecule has 0 saturated heterocycles. The fourth-order valence-electron chi connectivity index (χ4n) is 3.09. The topological polar surface area (TPSA) is 25.2 Å². The molecule has 2 aromatic rings. The van der Waals surface area contributed by atoms with Gasteiger partial charge in [0.1, 0.15) is 5.58 Å². The van der Waals surface area contributed by atoms with E-state index < -0.39 is 0 Å². The molecule has 1 N–H and O–H groups in total. The molecule has 2 nitrogen and oxygen atoms in total. The number of fused-ring (bicyclic) bond motifs is 1. The fourth-order valence-corrected chi connectivity index (χ4v) is 3.34. The lowest BCUT2D eigenvalue weighted by Crippen LogP contribution is -2.36. The molecule has 1 aromatic heterocycles. The van der Waals surface area contributed by atoms with Gasteiger partial charge in [-0.3, -0.25) is 0 Å². The molecule has 102 valence electrons. The van der Waals surface area contributed by atoms with E-state index >= 15 is 0 Å². The number of nitrogens with one attached hydrogen (secondary N) is 1. The van der Waals surface area contributed by atoms with Crippen LogP contribution < -0.4 is 5.32 Å². The van der Waals surface area contributed by atoms with E-state index in [0.29, 0.717) is 11.3 Å². The summed E-state index contributed by atoms with van der Waals surface area (Å²) in [5.74, 6) is 0.755. The van der Waals surface area contributed by atoms with E-state index in [-0.39, 0.29) is 0 Å². The van der Waals surface area contributed by atoms with E-state index in [2.05, 4.69) is 18.3 Å². The summed E-state index contributed by atoms with van der Waals surface area (Å²) in [5.41, 5.74) is 1.97. The van der Waals surface area contributed by atoms with Crippen LogP contribution in [0.2, 0.25) is 5.22 Å². The first-order valence-corrected chi connectivity index (χ1v) is 7.53. The Morgan fingerprint density at radius 3 is 2.89 bits per heavy atom. The highest BCUT2D eigenvalue weighted by atomic mass is 35.5. The third kappa shape index (κ3) is 2.65. The average Bonchev–Trinajstić information content (AvgIpc) is 2.74.